The third-order valence-electron chi connectivity index (χ3n) is 4.27. The van der Waals surface area contributed by atoms with Gasteiger partial charge in [0.25, 0.3) is 0 Å². The van der Waals surface area contributed by atoms with Crippen LogP contribution in [0, 0.1) is 0 Å². The van der Waals surface area contributed by atoms with Gasteiger partial charge in [0, 0.05) is 13.5 Å². The van der Waals surface area contributed by atoms with Crippen LogP contribution >= 0.6 is 0 Å². The topological polar surface area (TPSA) is 107 Å². The zero-order valence-electron chi connectivity index (χ0n) is 15.8. The van der Waals surface area contributed by atoms with E-state index in [1.54, 1.807) is 0 Å². The summed E-state index contributed by atoms with van der Waals surface area (Å²) in [7, 11) is 0. The normalized spacial score (nSPS) is 14.9. The van der Waals surface area contributed by atoms with Crippen LogP contribution in [-0.4, -0.2) is 51.5 Å². The molecule has 0 aromatic heterocycles. The van der Waals surface area contributed by atoms with Gasteiger partial charge >= 0.3 is 5.97 Å². The number of carbonyl (C=O) groups excluding carboxylic acids is 1. The van der Waals surface area contributed by atoms with Crippen LogP contribution in [0.3, 0.4) is 0 Å². The Morgan fingerprint density at radius 1 is 0.840 bits per heavy atom. The first-order valence-electron chi connectivity index (χ1n) is 9.78. The van der Waals surface area contributed by atoms with Gasteiger partial charge in [0.2, 0.25) is 5.79 Å². The van der Waals surface area contributed by atoms with Crippen molar-refractivity contribution in [1.82, 2.24) is 0 Å². The van der Waals surface area contributed by atoms with Crippen LogP contribution in [0.25, 0.3) is 0 Å². The van der Waals surface area contributed by atoms with E-state index >= 15 is 0 Å². The van der Waals surface area contributed by atoms with Gasteiger partial charge in [0.1, 0.15) is 6.61 Å². The second kappa shape index (κ2) is 15.6. The zero-order valence-corrected chi connectivity index (χ0v) is 15.8. The van der Waals surface area contributed by atoms with Gasteiger partial charge in [0.05, 0.1) is 0 Å². The predicted octanol–water partition coefficient (Wildman–Crippen LogP) is 2.65. The third-order valence-corrected chi connectivity index (χ3v) is 4.27. The van der Waals surface area contributed by atoms with Crippen molar-refractivity contribution in [2.75, 3.05) is 13.2 Å². The Balaban J connectivity index is 3.39. The van der Waals surface area contributed by atoms with E-state index in [0.717, 1.165) is 32.1 Å². The molecule has 150 valence electrons. The van der Waals surface area contributed by atoms with Crippen molar-refractivity contribution in [3.8, 4) is 0 Å². The SMILES string of the molecule is CC(O)(CO)OC(=O)C(O)CCCCCCCCCCCCCCO. The summed E-state index contributed by atoms with van der Waals surface area (Å²) < 4.78 is 4.62. The molecule has 25 heavy (non-hydrogen) atoms. The van der Waals surface area contributed by atoms with Crippen molar-refractivity contribution in [1.29, 1.82) is 0 Å². The summed E-state index contributed by atoms with van der Waals surface area (Å²) in [4.78, 5) is 11.5. The Kier molecular flexibility index (Phi) is 15.1. The smallest absolute Gasteiger partial charge is 0.337 e. The Bertz CT molecular complexity index is 319. The van der Waals surface area contributed by atoms with Crippen molar-refractivity contribution in [3.05, 3.63) is 0 Å². The fraction of sp³-hybridized carbons (Fsp3) is 0.947. The number of hydrogen-bond acceptors (Lipinski definition) is 6. The van der Waals surface area contributed by atoms with Crippen LogP contribution in [0.15, 0.2) is 0 Å². The summed E-state index contributed by atoms with van der Waals surface area (Å²) in [6, 6.07) is 0. The highest BCUT2D eigenvalue weighted by molar-refractivity contribution is 5.74. The molecule has 0 aliphatic rings. The van der Waals surface area contributed by atoms with Gasteiger partial charge in [-0.05, 0) is 12.8 Å². The van der Waals surface area contributed by atoms with E-state index in [1.165, 1.54) is 51.9 Å². The van der Waals surface area contributed by atoms with Crippen LogP contribution in [0.1, 0.15) is 90.4 Å². The van der Waals surface area contributed by atoms with Gasteiger partial charge in [-0.25, -0.2) is 4.79 Å². The van der Waals surface area contributed by atoms with Crippen molar-refractivity contribution in [2.45, 2.75) is 102 Å². The Labute approximate surface area is 152 Å². The number of rotatable bonds is 17. The molecule has 0 fully saturated rings. The Morgan fingerprint density at radius 2 is 1.24 bits per heavy atom. The number of aliphatic hydroxyl groups is 4. The minimum absolute atomic E-state index is 0.307. The predicted molar refractivity (Wildman–Crippen MR) is 96.9 cm³/mol. The third kappa shape index (κ3) is 15.3. The molecule has 0 spiro atoms. The second-order valence-electron chi connectivity index (χ2n) is 7.02. The first kappa shape index (κ1) is 24.3. The molecular weight excluding hydrogens is 324 g/mol. The highest BCUT2D eigenvalue weighted by Gasteiger charge is 2.27. The number of unbranched alkanes of at least 4 members (excludes halogenated alkanes) is 11. The number of esters is 1. The Hall–Kier alpha value is -0.690. The van der Waals surface area contributed by atoms with Crippen LogP contribution in [0.4, 0.5) is 0 Å². The van der Waals surface area contributed by atoms with Gasteiger partial charge in [-0.15, -0.1) is 0 Å². The van der Waals surface area contributed by atoms with Gasteiger partial charge in [-0.3, -0.25) is 0 Å². The minimum atomic E-state index is -1.93. The molecule has 6 heteroatoms. The van der Waals surface area contributed by atoms with Crippen molar-refractivity contribution >= 4 is 5.97 Å². The van der Waals surface area contributed by atoms with E-state index < -0.39 is 24.5 Å². The summed E-state index contributed by atoms with van der Waals surface area (Å²) in [5, 5.41) is 36.6. The van der Waals surface area contributed by atoms with E-state index in [-0.39, 0.29) is 0 Å². The molecule has 2 atom stereocenters. The molecule has 0 aromatic rings. The molecule has 6 nitrogen and oxygen atoms in total. The summed E-state index contributed by atoms with van der Waals surface area (Å²) in [6.07, 6.45) is 12.6. The van der Waals surface area contributed by atoms with Gasteiger partial charge in [-0.1, -0.05) is 70.6 Å². The van der Waals surface area contributed by atoms with Crippen molar-refractivity contribution in [2.24, 2.45) is 0 Å². The van der Waals surface area contributed by atoms with E-state index in [2.05, 4.69) is 4.74 Å². The van der Waals surface area contributed by atoms with E-state index in [0.29, 0.717) is 13.0 Å². The molecule has 0 aromatic carbocycles. The molecule has 0 heterocycles. The molecule has 0 saturated heterocycles. The molecule has 2 unspecified atom stereocenters. The van der Waals surface area contributed by atoms with E-state index in [1.807, 2.05) is 0 Å². The molecule has 0 aliphatic carbocycles. The van der Waals surface area contributed by atoms with Crippen molar-refractivity contribution in [3.63, 3.8) is 0 Å². The van der Waals surface area contributed by atoms with Gasteiger partial charge in [-0.2, -0.15) is 0 Å². The van der Waals surface area contributed by atoms with Gasteiger partial charge in [0.15, 0.2) is 6.10 Å². The summed E-state index contributed by atoms with van der Waals surface area (Å²) >= 11 is 0. The average molecular weight is 363 g/mol. The number of ether oxygens (including phenoxy) is 1. The molecule has 0 radical (unpaired) electrons. The lowest BCUT2D eigenvalue weighted by molar-refractivity contribution is -0.221. The molecule has 0 bridgehead atoms. The molecular formula is C19H38O6. The van der Waals surface area contributed by atoms with E-state index in [4.69, 9.17) is 10.2 Å². The average Bonchev–Trinajstić information content (AvgIpc) is 2.58. The zero-order chi connectivity index (χ0) is 19.0. The fourth-order valence-corrected chi connectivity index (χ4v) is 2.65. The summed E-state index contributed by atoms with van der Waals surface area (Å²) in [6.45, 7) is 0.780. The monoisotopic (exact) mass is 362 g/mol. The Morgan fingerprint density at radius 3 is 1.64 bits per heavy atom. The molecule has 4 N–H and O–H groups in total. The number of hydrogen-bond donors (Lipinski definition) is 4. The van der Waals surface area contributed by atoms with Crippen LogP contribution in [-0.2, 0) is 9.53 Å². The van der Waals surface area contributed by atoms with Crippen LogP contribution in [0.5, 0.6) is 0 Å². The maximum absolute atomic E-state index is 11.5. The first-order chi connectivity index (χ1) is 11.9. The highest BCUT2D eigenvalue weighted by Crippen LogP contribution is 2.14. The maximum Gasteiger partial charge on any atom is 0.337 e. The highest BCUT2D eigenvalue weighted by atomic mass is 16.7. The van der Waals surface area contributed by atoms with E-state index in [9.17, 15) is 15.0 Å². The quantitative estimate of drug-likeness (QED) is 0.180. The molecule has 0 saturated carbocycles. The number of aliphatic hydroxyl groups excluding tert-OH is 3. The lowest BCUT2D eigenvalue weighted by Gasteiger charge is -2.22. The number of carbonyl (C=O) groups is 1. The molecule has 0 aliphatic heterocycles. The maximum atomic E-state index is 11.5. The van der Waals surface area contributed by atoms with Gasteiger partial charge < -0.3 is 25.2 Å². The summed E-state index contributed by atoms with van der Waals surface area (Å²) in [5.41, 5.74) is 0. The summed E-state index contributed by atoms with van der Waals surface area (Å²) in [5.74, 6) is -2.82. The minimum Gasteiger partial charge on any atom is -0.429 e. The standard InChI is InChI=1S/C19H38O6/c1-19(24,16-21)25-18(23)17(22)14-12-10-8-6-4-2-3-5-7-9-11-13-15-20/h17,20-22,24H,2-16H2,1H3. The molecule has 0 rings (SSSR count). The largest absolute Gasteiger partial charge is 0.429 e. The first-order valence-corrected chi connectivity index (χ1v) is 9.78. The van der Waals surface area contributed by atoms with Crippen molar-refractivity contribution < 1.29 is 30.0 Å². The second-order valence-corrected chi connectivity index (χ2v) is 7.02. The lowest BCUT2D eigenvalue weighted by Crippen LogP contribution is -2.39. The van der Waals surface area contributed by atoms with Crippen LogP contribution < -0.4 is 0 Å². The molecule has 0 amide bonds. The van der Waals surface area contributed by atoms with Crippen LogP contribution in [0.2, 0.25) is 0 Å². The lowest BCUT2D eigenvalue weighted by atomic mass is 10.0. The fourth-order valence-electron chi connectivity index (χ4n) is 2.65.